The van der Waals surface area contributed by atoms with Gasteiger partial charge in [0, 0.05) is 12.1 Å². The largest absolute Gasteiger partial charge is 0.490 e. The molecule has 0 radical (unpaired) electrons. The predicted octanol–water partition coefficient (Wildman–Crippen LogP) is 11.5. The molecule has 1 aliphatic heterocycles. The SMILES string of the molecule is CCCCCCCCCCCCOc1cc(C(=O)NCCC2O[C@H](CO)[C@@H](O)[C@H](O)[C@@H]2O)cc(OCCCCCCCCCCCC)c1OCCCCCCCCCCCC. The molecular weight excluding hydrogens is 771 g/mol. The zero-order chi connectivity index (χ0) is 44.2. The molecule has 1 unspecified atom stereocenters. The lowest BCUT2D eigenvalue weighted by Gasteiger charge is -2.40. The Hall–Kier alpha value is -2.11. The van der Waals surface area contributed by atoms with Gasteiger partial charge in [0.2, 0.25) is 5.75 Å². The number of benzene rings is 1. The predicted molar refractivity (Wildman–Crippen MR) is 249 cm³/mol. The van der Waals surface area contributed by atoms with Crippen LogP contribution in [-0.4, -0.2) is 89.8 Å². The molecular formula is C51H93NO9. The quantitative estimate of drug-likeness (QED) is 0.0406. The first-order chi connectivity index (χ1) is 29.9. The molecule has 1 fully saturated rings. The number of hydrogen-bond acceptors (Lipinski definition) is 9. The second kappa shape index (κ2) is 37.3. The smallest absolute Gasteiger partial charge is 0.251 e. The van der Waals surface area contributed by atoms with Gasteiger partial charge in [-0.25, -0.2) is 0 Å². The fraction of sp³-hybridized carbons (Fsp3) is 0.863. The number of aliphatic hydroxyl groups excluding tert-OH is 4. The molecule has 0 aliphatic carbocycles. The summed E-state index contributed by atoms with van der Waals surface area (Å²) in [6, 6.07) is 3.50. The summed E-state index contributed by atoms with van der Waals surface area (Å²) in [7, 11) is 0. The normalized spacial score (nSPS) is 19.0. The minimum Gasteiger partial charge on any atom is -0.490 e. The Bertz CT molecular complexity index is 1140. The molecule has 5 N–H and O–H groups in total. The maximum Gasteiger partial charge on any atom is 0.251 e. The van der Waals surface area contributed by atoms with Crippen LogP contribution >= 0.6 is 0 Å². The van der Waals surface area contributed by atoms with Gasteiger partial charge in [-0.05, 0) is 37.8 Å². The molecule has 0 bridgehead atoms. The van der Waals surface area contributed by atoms with Crippen molar-refractivity contribution in [1.82, 2.24) is 5.32 Å². The van der Waals surface area contributed by atoms with Crippen molar-refractivity contribution < 1.29 is 44.2 Å². The Morgan fingerprint density at radius 3 is 1.23 bits per heavy atom. The second-order valence-electron chi connectivity index (χ2n) is 17.8. The zero-order valence-electron chi connectivity index (χ0n) is 39.3. The zero-order valence-corrected chi connectivity index (χ0v) is 39.3. The molecule has 10 nitrogen and oxygen atoms in total. The summed E-state index contributed by atoms with van der Waals surface area (Å²) in [5.41, 5.74) is 0.385. The van der Waals surface area contributed by atoms with Gasteiger partial charge in [0.1, 0.15) is 24.4 Å². The van der Waals surface area contributed by atoms with E-state index < -0.39 is 37.1 Å². The molecule has 0 aromatic heterocycles. The monoisotopic (exact) mass is 864 g/mol. The molecule has 1 aromatic carbocycles. The van der Waals surface area contributed by atoms with Crippen molar-refractivity contribution >= 4 is 5.91 Å². The Balaban J connectivity index is 2.10. The van der Waals surface area contributed by atoms with E-state index in [1.165, 1.54) is 154 Å². The molecule has 1 amide bonds. The van der Waals surface area contributed by atoms with Gasteiger partial charge >= 0.3 is 0 Å². The number of carbonyl (C=O) groups is 1. The number of rotatable bonds is 41. The molecule has 1 aromatic rings. The van der Waals surface area contributed by atoms with Gasteiger partial charge in [-0.1, -0.05) is 194 Å². The van der Waals surface area contributed by atoms with Crippen LogP contribution in [-0.2, 0) is 4.74 Å². The first-order valence-electron chi connectivity index (χ1n) is 25.5. The van der Waals surface area contributed by atoms with E-state index in [0.29, 0.717) is 42.6 Å². The summed E-state index contributed by atoms with van der Waals surface area (Å²) in [5, 5.41) is 43.5. The third-order valence-corrected chi connectivity index (χ3v) is 12.2. The lowest BCUT2D eigenvalue weighted by Crippen LogP contribution is -2.58. The first-order valence-corrected chi connectivity index (χ1v) is 25.5. The van der Waals surface area contributed by atoms with Gasteiger partial charge in [0.05, 0.1) is 32.5 Å². The molecule has 1 heterocycles. The fourth-order valence-electron chi connectivity index (χ4n) is 8.22. The van der Waals surface area contributed by atoms with E-state index in [1.807, 2.05) is 0 Å². The molecule has 2 rings (SSSR count). The number of amides is 1. The van der Waals surface area contributed by atoms with Crippen molar-refractivity contribution in [2.75, 3.05) is 33.0 Å². The van der Waals surface area contributed by atoms with Crippen molar-refractivity contribution in [3.8, 4) is 17.2 Å². The highest BCUT2D eigenvalue weighted by molar-refractivity contribution is 5.95. The van der Waals surface area contributed by atoms with Gasteiger partial charge < -0.3 is 44.7 Å². The highest BCUT2D eigenvalue weighted by Gasteiger charge is 2.43. The first kappa shape index (κ1) is 55.0. The standard InChI is InChI=1S/C51H93NO9/c1-4-7-10-13-16-19-22-25-28-31-36-58-44-39-42(51(57)52-35-34-43-47(54)49(56)48(55)46(41-53)61-43)40-45(59-37-32-29-26-23-20-17-14-11-8-5-2)50(44)60-38-33-30-27-24-21-18-15-12-9-6-3/h39-40,43,46-49,53-56H,4-38,41H2,1-3H3,(H,52,57)/t43?,46-,47-,48-,49-/m1/s1. The molecule has 10 heteroatoms. The van der Waals surface area contributed by atoms with Crippen LogP contribution in [0.2, 0.25) is 0 Å². The summed E-state index contributed by atoms with van der Waals surface area (Å²) >= 11 is 0. The van der Waals surface area contributed by atoms with E-state index in [9.17, 15) is 25.2 Å². The Morgan fingerprint density at radius 2 is 0.852 bits per heavy atom. The average molecular weight is 864 g/mol. The van der Waals surface area contributed by atoms with Gasteiger partial charge in [0.15, 0.2) is 11.5 Å². The minimum atomic E-state index is -1.45. The van der Waals surface area contributed by atoms with E-state index in [4.69, 9.17) is 18.9 Å². The third-order valence-electron chi connectivity index (χ3n) is 12.2. The van der Waals surface area contributed by atoms with E-state index in [-0.39, 0.29) is 18.9 Å². The highest BCUT2D eigenvalue weighted by Crippen LogP contribution is 2.40. The Morgan fingerprint density at radius 1 is 0.508 bits per heavy atom. The highest BCUT2D eigenvalue weighted by atomic mass is 16.5. The minimum absolute atomic E-state index is 0.141. The molecule has 1 aliphatic rings. The lowest BCUT2D eigenvalue weighted by molar-refractivity contribution is -0.229. The van der Waals surface area contributed by atoms with Crippen LogP contribution in [0.5, 0.6) is 17.2 Å². The van der Waals surface area contributed by atoms with Crippen LogP contribution in [0.1, 0.15) is 230 Å². The number of ether oxygens (including phenoxy) is 4. The maximum absolute atomic E-state index is 13.7. The molecule has 5 atom stereocenters. The fourth-order valence-corrected chi connectivity index (χ4v) is 8.22. The number of aliphatic hydroxyl groups is 4. The summed E-state index contributed by atoms with van der Waals surface area (Å²) in [6.45, 7) is 8.00. The third kappa shape index (κ3) is 25.1. The van der Waals surface area contributed by atoms with Gasteiger partial charge in [-0.3, -0.25) is 4.79 Å². The second-order valence-corrected chi connectivity index (χ2v) is 17.8. The Kier molecular flexibility index (Phi) is 33.6. The van der Waals surface area contributed by atoms with Crippen LogP contribution in [0.3, 0.4) is 0 Å². The van der Waals surface area contributed by atoms with E-state index in [2.05, 4.69) is 26.1 Å². The Labute approximate surface area is 372 Å². The maximum atomic E-state index is 13.7. The van der Waals surface area contributed by atoms with Crippen LogP contribution in [0.25, 0.3) is 0 Å². The molecule has 0 spiro atoms. The van der Waals surface area contributed by atoms with Crippen LogP contribution in [0.4, 0.5) is 0 Å². The van der Waals surface area contributed by atoms with Crippen LogP contribution in [0.15, 0.2) is 12.1 Å². The number of carbonyl (C=O) groups excluding carboxylic acids is 1. The van der Waals surface area contributed by atoms with Gasteiger partial charge in [-0.2, -0.15) is 0 Å². The summed E-state index contributed by atoms with van der Waals surface area (Å²) in [4.78, 5) is 13.7. The number of nitrogens with one attached hydrogen (secondary N) is 1. The lowest BCUT2D eigenvalue weighted by atomic mass is 9.93. The summed E-state index contributed by atoms with van der Waals surface area (Å²) in [5.74, 6) is 1.26. The summed E-state index contributed by atoms with van der Waals surface area (Å²) in [6.07, 6.45) is 31.2. The van der Waals surface area contributed by atoms with Gasteiger partial charge in [-0.15, -0.1) is 0 Å². The molecule has 0 saturated carbocycles. The van der Waals surface area contributed by atoms with Crippen molar-refractivity contribution in [2.45, 2.75) is 250 Å². The van der Waals surface area contributed by atoms with E-state index in [1.54, 1.807) is 12.1 Å². The average Bonchev–Trinajstić information content (AvgIpc) is 3.26. The van der Waals surface area contributed by atoms with Crippen molar-refractivity contribution in [3.63, 3.8) is 0 Å². The molecule has 356 valence electrons. The number of unbranched alkanes of at least 4 members (excludes halogenated alkanes) is 27. The molecule has 1 saturated heterocycles. The van der Waals surface area contributed by atoms with Crippen LogP contribution < -0.4 is 19.5 Å². The van der Waals surface area contributed by atoms with E-state index >= 15 is 0 Å². The van der Waals surface area contributed by atoms with E-state index in [0.717, 1.165) is 38.5 Å². The van der Waals surface area contributed by atoms with Crippen molar-refractivity contribution in [2.24, 2.45) is 0 Å². The van der Waals surface area contributed by atoms with Crippen molar-refractivity contribution in [3.05, 3.63) is 17.7 Å². The van der Waals surface area contributed by atoms with Gasteiger partial charge in [0.25, 0.3) is 5.91 Å². The van der Waals surface area contributed by atoms with Crippen molar-refractivity contribution in [1.29, 1.82) is 0 Å². The number of hydrogen-bond donors (Lipinski definition) is 5. The molecule has 61 heavy (non-hydrogen) atoms. The summed E-state index contributed by atoms with van der Waals surface area (Å²) < 4.78 is 25.0. The van der Waals surface area contributed by atoms with Crippen LogP contribution in [0, 0.1) is 0 Å². The topological polar surface area (TPSA) is 147 Å².